The number of hydrogen-bond donors (Lipinski definition) is 0. The summed E-state index contributed by atoms with van der Waals surface area (Å²) in [5.74, 6) is 0. The molecule has 0 atom stereocenters. The lowest BCUT2D eigenvalue weighted by Crippen LogP contribution is -1.80. The summed E-state index contributed by atoms with van der Waals surface area (Å²) >= 11 is 1.75. The minimum Gasteiger partial charge on any atom is -0.149 e. The van der Waals surface area contributed by atoms with Crippen LogP contribution in [-0.2, 0) is 6.42 Å². The second-order valence-electron chi connectivity index (χ2n) is 1.74. The van der Waals surface area contributed by atoms with Gasteiger partial charge in [-0.1, -0.05) is 10.9 Å². The zero-order valence-electron chi connectivity index (χ0n) is 5.08. The fourth-order valence-corrected chi connectivity index (χ4v) is 1.33. The van der Waals surface area contributed by atoms with Crippen LogP contribution in [-0.4, -0.2) is 6.54 Å². The second-order valence-corrected chi connectivity index (χ2v) is 2.77. The highest BCUT2D eigenvalue weighted by Gasteiger charge is 1.94. The summed E-state index contributed by atoms with van der Waals surface area (Å²) < 4.78 is 0. The van der Waals surface area contributed by atoms with Crippen LogP contribution >= 0.6 is 11.3 Å². The largest absolute Gasteiger partial charge is 0.268 e. The van der Waals surface area contributed by atoms with Crippen molar-refractivity contribution in [2.45, 2.75) is 6.42 Å². The Kier molecular flexibility index (Phi) is 2.29. The Bertz CT molecular complexity index is 195. The minimum absolute atomic E-state index is 0.737. The SMILES string of the molecule is C#[N+]CCc1cccs1. The van der Waals surface area contributed by atoms with Crippen LogP contribution in [0.25, 0.3) is 4.85 Å². The Balaban J connectivity index is 2.41. The first-order valence-electron chi connectivity index (χ1n) is 2.82. The van der Waals surface area contributed by atoms with Crippen molar-refractivity contribution in [1.29, 1.82) is 0 Å². The summed E-state index contributed by atoms with van der Waals surface area (Å²) in [5.41, 5.74) is 0. The molecule has 0 radical (unpaired) electrons. The third kappa shape index (κ3) is 1.87. The van der Waals surface area contributed by atoms with Crippen LogP contribution in [0.2, 0.25) is 0 Å². The summed E-state index contributed by atoms with van der Waals surface area (Å²) in [4.78, 5) is 4.87. The van der Waals surface area contributed by atoms with Gasteiger partial charge in [-0.05, 0) is 11.4 Å². The molecular formula is C7H8NS+. The van der Waals surface area contributed by atoms with Crippen molar-refractivity contribution in [3.8, 4) is 6.57 Å². The number of rotatable bonds is 2. The number of thiophene rings is 1. The lowest BCUT2D eigenvalue weighted by molar-refractivity contribution is 1.11. The van der Waals surface area contributed by atoms with Crippen LogP contribution in [0, 0.1) is 6.57 Å². The number of hydrogen-bond acceptors (Lipinski definition) is 1. The lowest BCUT2D eigenvalue weighted by Gasteiger charge is -1.79. The van der Waals surface area contributed by atoms with E-state index in [1.165, 1.54) is 4.88 Å². The molecule has 0 aliphatic carbocycles. The molecule has 2 heteroatoms. The van der Waals surface area contributed by atoms with E-state index in [1.54, 1.807) is 11.3 Å². The van der Waals surface area contributed by atoms with Crippen molar-refractivity contribution in [2.24, 2.45) is 0 Å². The summed E-state index contributed by atoms with van der Waals surface area (Å²) in [7, 11) is 0. The van der Waals surface area contributed by atoms with Gasteiger partial charge in [0.1, 0.15) is 0 Å². The van der Waals surface area contributed by atoms with Crippen molar-refractivity contribution in [1.82, 2.24) is 0 Å². The van der Waals surface area contributed by atoms with Crippen molar-refractivity contribution in [2.75, 3.05) is 6.54 Å². The van der Waals surface area contributed by atoms with E-state index in [-0.39, 0.29) is 0 Å². The monoisotopic (exact) mass is 138 g/mol. The molecule has 0 spiro atoms. The van der Waals surface area contributed by atoms with E-state index in [4.69, 9.17) is 6.57 Å². The lowest BCUT2D eigenvalue weighted by atomic mass is 10.3. The van der Waals surface area contributed by atoms with Crippen LogP contribution in [0.4, 0.5) is 0 Å². The van der Waals surface area contributed by atoms with Crippen LogP contribution in [0.1, 0.15) is 4.88 Å². The molecule has 1 aromatic rings. The predicted molar refractivity (Wildman–Crippen MR) is 41.2 cm³/mol. The van der Waals surface area contributed by atoms with Gasteiger partial charge in [0, 0.05) is 4.88 Å². The summed E-state index contributed by atoms with van der Waals surface area (Å²) in [6.07, 6.45) is 0.980. The molecule has 1 heterocycles. The maximum Gasteiger partial charge on any atom is 0.268 e. The highest BCUT2D eigenvalue weighted by molar-refractivity contribution is 7.09. The number of nitrogens with zero attached hydrogens (tertiary/aromatic N) is 1. The molecule has 0 fully saturated rings. The van der Waals surface area contributed by atoms with Gasteiger partial charge in [-0.25, -0.2) is 0 Å². The van der Waals surface area contributed by atoms with E-state index >= 15 is 0 Å². The smallest absolute Gasteiger partial charge is 0.149 e. The van der Waals surface area contributed by atoms with Gasteiger partial charge in [-0.2, -0.15) is 0 Å². The Hall–Kier alpha value is -0.810. The molecule has 1 nitrogen and oxygen atoms in total. The zero-order valence-corrected chi connectivity index (χ0v) is 5.90. The molecule has 46 valence electrons. The summed E-state index contributed by atoms with van der Waals surface area (Å²) in [5, 5.41) is 2.06. The Morgan fingerprint density at radius 3 is 3.11 bits per heavy atom. The summed E-state index contributed by atoms with van der Waals surface area (Å²) in [6, 6.07) is 4.13. The fourth-order valence-electron chi connectivity index (χ4n) is 0.630. The predicted octanol–water partition coefficient (Wildman–Crippen LogP) is 2.25. The Morgan fingerprint density at radius 2 is 2.56 bits per heavy atom. The van der Waals surface area contributed by atoms with Gasteiger partial charge < -0.3 is 0 Å². The van der Waals surface area contributed by atoms with Gasteiger partial charge in [-0.3, -0.25) is 0 Å². The topological polar surface area (TPSA) is 4.36 Å². The van der Waals surface area contributed by atoms with Gasteiger partial charge in [0.25, 0.3) is 13.1 Å². The molecule has 0 saturated heterocycles. The summed E-state index contributed by atoms with van der Waals surface area (Å²) in [6.45, 7) is 5.71. The minimum atomic E-state index is 0.737. The Morgan fingerprint density at radius 1 is 1.67 bits per heavy atom. The highest BCUT2D eigenvalue weighted by Crippen LogP contribution is 2.08. The highest BCUT2D eigenvalue weighted by atomic mass is 32.1. The molecule has 0 aliphatic heterocycles. The quantitative estimate of drug-likeness (QED) is 0.590. The van der Waals surface area contributed by atoms with Gasteiger partial charge >= 0.3 is 0 Å². The Labute approximate surface area is 58.8 Å². The molecule has 0 amide bonds. The molecule has 9 heavy (non-hydrogen) atoms. The van der Waals surface area contributed by atoms with E-state index < -0.39 is 0 Å². The van der Waals surface area contributed by atoms with Gasteiger partial charge in [0.05, 0.1) is 6.42 Å². The van der Waals surface area contributed by atoms with Crippen LogP contribution < -0.4 is 0 Å². The van der Waals surface area contributed by atoms with E-state index in [1.807, 2.05) is 6.07 Å². The first kappa shape index (κ1) is 6.31. The average Bonchev–Trinajstić information content (AvgIpc) is 2.34. The molecule has 0 unspecified atom stereocenters. The maximum absolute atomic E-state index is 4.97. The van der Waals surface area contributed by atoms with Gasteiger partial charge in [0.2, 0.25) is 0 Å². The van der Waals surface area contributed by atoms with E-state index in [2.05, 4.69) is 16.3 Å². The second kappa shape index (κ2) is 3.26. The fraction of sp³-hybridized carbons (Fsp3) is 0.286. The normalized spacial score (nSPS) is 8.78. The first-order chi connectivity index (χ1) is 4.43. The van der Waals surface area contributed by atoms with Gasteiger partial charge in [-0.15, -0.1) is 11.3 Å². The molecule has 0 bridgehead atoms. The van der Waals surface area contributed by atoms with Crippen LogP contribution in [0.15, 0.2) is 17.5 Å². The van der Waals surface area contributed by atoms with Gasteiger partial charge in [0.15, 0.2) is 0 Å². The van der Waals surface area contributed by atoms with Crippen LogP contribution in [0.3, 0.4) is 0 Å². The van der Waals surface area contributed by atoms with Crippen LogP contribution in [0.5, 0.6) is 0 Å². The molecular weight excluding hydrogens is 130 g/mol. The first-order valence-corrected chi connectivity index (χ1v) is 3.70. The zero-order chi connectivity index (χ0) is 6.53. The molecule has 1 rings (SSSR count). The molecule has 0 saturated carbocycles. The van der Waals surface area contributed by atoms with E-state index in [9.17, 15) is 0 Å². The average molecular weight is 138 g/mol. The molecule has 0 aromatic carbocycles. The maximum atomic E-state index is 4.97. The van der Waals surface area contributed by atoms with Crippen molar-refractivity contribution >= 4 is 11.3 Å². The van der Waals surface area contributed by atoms with Crippen molar-refractivity contribution < 1.29 is 0 Å². The molecule has 0 N–H and O–H groups in total. The van der Waals surface area contributed by atoms with Crippen molar-refractivity contribution in [3.63, 3.8) is 0 Å². The van der Waals surface area contributed by atoms with E-state index in [0.29, 0.717) is 0 Å². The van der Waals surface area contributed by atoms with E-state index in [0.717, 1.165) is 13.0 Å². The molecule has 0 aliphatic rings. The molecule has 1 aromatic heterocycles. The standard InChI is InChI=1S/C7H8NS/c1-8-5-4-7-3-2-6-9-7/h1-3,6H,4-5H2/q+1. The third-order valence-corrected chi connectivity index (χ3v) is 2.00. The van der Waals surface area contributed by atoms with Crippen molar-refractivity contribution in [3.05, 3.63) is 27.2 Å². The third-order valence-electron chi connectivity index (χ3n) is 1.07.